The van der Waals surface area contributed by atoms with Gasteiger partial charge >= 0.3 is 0 Å². The van der Waals surface area contributed by atoms with Gasteiger partial charge in [-0.05, 0) is 36.7 Å². The smallest absolute Gasteiger partial charge is 0.235 e. The quantitative estimate of drug-likeness (QED) is 0.460. The van der Waals surface area contributed by atoms with Gasteiger partial charge in [-0.3, -0.25) is 9.59 Å². The van der Waals surface area contributed by atoms with E-state index < -0.39 is 14.2 Å². The standard InChI is InChI=1S/C21H29NO3Si/c1-15(25-26(5,6)21(2,3)4)19-18(22-20(19)24)14-17(23)13-12-16-10-8-7-9-11-16/h7-15,19H,1-6H3,(H,22,24)/b13-12+,18-14-/t15-,19-/m1/s1. The molecule has 1 saturated heterocycles. The number of carbonyl (C=O) groups is 2. The van der Waals surface area contributed by atoms with Gasteiger partial charge in [0.15, 0.2) is 14.1 Å². The Morgan fingerprint density at radius 2 is 1.85 bits per heavy atom. The summed E-state index contributed by atoms with van der Waals surface area (Å²) in [4.78, 5) is 24.2. The molecule has 1 aromatic rings. The molecule has 1 amide bonds. The van der Waals surface area contributed by atoms with E-state index in [4.69, 9.17) is 4.43 Å². The molecule has 0 saturated carbocycles. The lowest BCUT2D eigenvalue weighted by Crippen LogP contribution is -2.55. The predicted molar refractivity (Wildman–Crippen MR) is 108 cm³/mol. The highest BCUT2D eigenvalue weighted by Crippen LogP contribution is 2.39. The first-order valence-electron chi connectivity index (χ1n) is 8.98. The van der Waals surface area contributed by atoms with Gasteiger partial charge < -0.3 is 9.74 Å². The zero-order valence-corrected chi connectivity index (χ0v) is 17.5. The molecule has 4 nitrogen and oxygen atoms in total. The second-order valence-corrected chi connectivity index (χ2v) is 13.1. The van der Waals surface area contributed by atoms with Crippen LogP contribution < -0.4 is 5.32 Å². The van der Waals surface area contributed by atoms with Gasteiger partial charge in [0.1, 0.15) is 5.92 Å². The van der Waals surface area contributed by atoms with E-state index in [2.05, 4.69) is 39.2 Å². The Balaban J connectivity index is 2.06. The first-order chi connectivity index (χ1) is 12.0. The molecule has 1 heterocycles. The topological polar surface area (TPSA) is 55.4 Å². The zero-order chi connectivity index (χ0) is 19.5. The van der Waals surface area contributed by atoms with E-state index in [1.807, 2.05) is 37.3 Å². The number of ketones is 1. The molecule has 5 heteroatoms. The van der Waals surface area contributed by atoms with Crippen molar-refractivity contribution in [2.24, 2.45) is 5.92 Å². The minimum Gasteiger partial charge on any atom is -0.413 e. The van der Waals surface area contributed by atoms with Gasteiger partial charge in [-0.25, -0.2) is 0 Å². The summed E-state index contributed by atoms with van der Waals surface area (Å²) in [6.45, 7) is 12.8. The number of hydrogen-bond donors (Lipinski definition) is 1. The summed E-state index contributed by atoms with van der Waals surface area (Å²) in [5.74, 6) is -0.617. The maximum Gasteiger partial charge on any atom is 0.235 e. The molecule has 1 aliphatic rings. The van der Waals surface area contributed by atoms with Crippen molar-refractivity contribution in [2.75, 3.05) is 0 Å². The molecule has 0 aromatic heterocycles. The van der Waals surface area contributed by atoms with Crippen LogP contribution in [0, 0.1) is 5.92 Å². The number of allylic oxidation sites excluding steroid dienone is 2. The van der Waals surface area contributed by atoms with Crippen molar-refractivity contribution in [3.05, 3.63) is 53.7 Å². The maximum absolute atomic E-state index is 12.2. The average Bonchev–Trinajstić information content (AvgIpc) is 2.51. The first-order valence-corrected chi connectivity index (χ1v) is 11.9. The first kappa shape index (κ1) is 20.3. The number of rotatable bonds is 6. The highest BCUT2D eigenvalue weighted by molar-refractivity contribution is 6.74. The fourth-order valence-corrected chi connectivity index (χ4v) is 4.03. The molecule has 2 atom stereocenters. The van der Waals surface area contributed by atoms with Crippen LogP contribution in [0.3, 0.4) is 0 Å². The lowest BCUT2D eigenvalue weighted by Gasteiger charge is -2.42. The van der Waals surface area contributed by atoms with Crippen LogP contribution >= 0.6 is 0 Å². The molecule has 140 valence electrons. The third-order valence-electron chi connectivity index (χ3n) is 5.18. The van der Waals surface area contributed by atoms with Gasteiger partial charge in [0, 0.05) is 11.8 Å². The summed E-state index contributed by atoms with van der Waals surface area (Å²) in [6, 6.07) is 9.63. The minimum absolute atomic E-state index is 0.0690. The maximum atomic E-state index is 12.2. The predicted octanol–water partition coefficient (Wildman–Crippen LogP) is 4.31. The lowest BCUT2D eigenvalue weighted by molar-refractivity contribution is -0.131. The van der Waals surface area contributed by atoms with Crippen LogP contribution in [0.1, 0.15) is 33.3 Å². The molecular weight excluding hydrogens is 342 g/mol. The normalized spacial score (nSPS) is 20.8. The van der Waals surface area contributed by atoms with Crippen molar-refractivity contribution in [2.45, 2.75) is 51.9 Å². The fourth-order valence-electron chi connectivity index (χ4n) is 2.61. The van der Waals surface area contributed by atoms with Crippen LogP contribution in [0.5, 0.6) is 0 Å². The Hall–Kier alpha value is -1.98. The molecule has 0 spiro atoms. The van der Waals surface area contributed by atoms with E-state index >= 15 is 0 Å². The second kappa shape index (κ2) is 7.72. The molecule has 0 aliphatic carbocycles. The van der Waals surface area contributed by atoms with Crippen LogP contribution in [0.15, 0.2) is 48.2 Å². The molecule has 0 bridgehead atoms. The summed E-state index contributed by atoms with van der Waals surface area (Å²) in [7, 11) is -1.98. The Morgan fingerprint density at radius 3 is 2.38 bits per heavy atom. The van der Waals surface area contributed by atoms with Crippen LogP contribution in [0.4, 0.5) is 0 Å². The van der Waals surface area contributed by atoms with E-state index in [1.165, 1.54) is 12.2 Å². The SMILES string of the molecule is C[C@@H](O[Si](C)(C)C(C)(C)C)[C@H]1C(=O)N/C1=C\C(=O)/C=C/c1ccccc1. The highest BCUT2D eigenvalue weighted by atomic mass is 28.4. The van der Waals surface area contributed by atoms with E-state index in [-0.39, 0.29) is 22.8 Å². The minimum atomic E-state index is -1.98. The summed E-state index contributed by atoms with van der Waals surface area (Å²) in [6.07, 6.45) is 4.53. The van der Waals surface area contributed by atoms with Gasteiger partial charge in [-0.1, -0.05) is 57.2 Å². The van der Waals surface area contributed by atoms with Crippen molar-refractivity contribution >= 4 is 26.1 Å². The average molecular weight is 372 g/mol. The molecule has 1 aliphatic heterocycles. The Bertz CT molecular complexity index is 729. The lowest BCUT2D eigenvalue weighted by atomic mass is 9.90. The van der Waals surface area contributed by atoms with E-state index in [0.717, 1.165) is 5.56 Å². The van der Waals surface area contributed by atoms with Crippen molar-refractivity contribution in [3.8, 4) is 0 Å². The van der Waals surface area contributed by atoms with Crippen LogP contribution in [-0.4, -0.2) is 26.1 Å². The largest absolute Gasteiger partial charge is 0.413 e. The summed E-state index contributed by atoms with van der Waals surface area (Å²) in [5, 5.41) is 2.80. The number of carbonyl (C=O) groups excluding carboxylic acids is 2. The summed E-state index contributed by atoms with van der Waals surface area (Å²) >= 11 is 0. The van der Waals surface area contributed by atoms with Gasteiger partial charge in [0.05, 0.1) is 6.10 Å². The van der Waals surface area contributed by atoms with Crippen LogP contribution in [-0.2, 0) is 14.0 Å². The van der Waals surface area contributed by atoms with E-state index in [0.29, 0.717) is 5.70 Å². The Labute approximate surface area is 157 Å². The van der Waals surface area contributed by atoms with Gasteiger partial charge in [-0.15, -0.1) is 0 Å². The molecule has 1 N–H and O–H groups in total. The molecule has 1 fully saturated rings. The van der Waals surface area contributed by atoms with Crippen molar-refractivity contribution < 1.29 is 14.0 Å². The Kier molecular flexibility index (Phi) is 6.04. The molecule has 0 radical (unpaired) electrons. The number of benzene rings is 1. The van der Waals surface area contributed by atoms with Crippen molar-refractivity contribution in [3.63, 3.8) is 0 Å². The van der Waals surface area contributed by atoms with Gasteiger partial charge in [0.25, 0.3) is 0 Å². The van der Waals surface area contributed by atoms with E-state index in [9.17, 15) is 9.59 Å². The third kappa shape index (κ3) is 4.80. The van der Waals surface area contributed by atoms with Crippen LogP contribution in [0.2, 0.25) is 18.1 Å². The second-order valence-electron chi connectivity index (χ2n) is 8.30. The Morgan fingerprint density at radius 1 is 1.23 bits per heavy atom. The number of hydrogen-bond acceptors (Lipinski definition) is 3. The molecular formula is C21H29NO3Si. The molecule has 26 heavy (non-hydrogen) atoms. The number of nitrogens with one attached hydrogen (secondary N) is 1. The molecule has 0 unspecified atom stereocenters. The van der Waals surface area contributed by atoms with Crippen LogP contribution in [0.25, 0.3) is 6.08 Å². The third-order valence-corrected chi connectivity index (χ3v) is 9.75. The van der Waals surface area contributed by atoms with Gasteiger partial charge in [-0.2, -0.15) is 0 Å². The van der Waals surface area contributed by atoms with E-state index in [1.54, 1.807) is 6.08 Å². The monoisotopic (exact) mass is 371 g/mol. The highest BCUT2D eigenvalue weighted by Gasteiger charge is 2.45. The zero-order valence-electron chi connectivity index (χ0n) is 16.5. The fraction of sp³-hybridized carbons (Fsp3) is 0.429. The number of β-lactam (4-membered cyclic amide) rings is 1. The molecule has 1 aromatic carbocycles. The summed E-state index contributed by atoms with van der Waals surface area (Å²) in [5.41, 5.74) is 1.60. The summed E-state index contributed by atoms with van der Waals surface area (Å²) < 4.78 is 6.33. The number of amides is 1. The van der Waals surface area contributed by atoms with Crippen molar-refractivity contribution in [1.82, 2.24) is 5.32 Å². The molecule has 2 rings (SSSR count). The van der Waals surface area contributed by atoms with Crippen molar-refractivity contribution in [1.29, 1.82) is 0 Å². The van der Waals surface area contributed by atoms with Gasteiger partial charge in [0.2, 0.25) is 5.91 Å².